The van der Waals surface area contributed by atoms with Crippen LogP contribution in [0, 0.1) is 73.9 Å². The molecule has 0 heterocycles. The van der Waals surface area contributed by atoms with Crippen molar-refractivity contribution >= 4 is 0 Å². The summed E-state index contributed by atoms with van der Waals surface area (Å²) < 4.78 is 0. The van der Waals surface area contributed by atoms with Gasteiger partial charge in [0.25, 0.3) is 0 Å². The summed E-state index contributed by atoms with van der Waals surface area (Å²) in [5, 5.41) is 38.1. The molecule has 0 unspecified atom stereocenters. The molecule has 0 aliphatic heterocycles. The highest BCUT2D eigenvalue weighted by Gasteiger charge is 2.68. The van der Waals surface area contributed by atoms with E-state index >= 15 is 0 Å². The van der Waals surface area contributed by atoms with Crippen molar-refractivity contribution < 1.29 is 0 Å². The molecule has 2 bridgehead atoms. The summed E-state index contributed by atoms with van der Waals surface area (Å²) in [5.41, 5.74) is -3.16. The summed E-state index contributed by atoms with van der Waals surface area (Å²) in [6, 6.07) is 7.97. The van der Waals surface area contributed by atoms with Gasteiger partial charge in [-0.15, -0.1) is 0 Å². The first-order chi connectivity index (χ1) is 9.11. The van der Waals surface area contributed by atoms with E-state index in [1.807, 2.05) is 43.4 Å². The number of hydrogen-bond donors (Lipinski definition) is 0. The summed E-state index contributed by atoms with van der Waals surface area (Å²) in [6.45, 7) is 1.92. The van der Waals surface area contributed by atoms with Crippen molar-refractivity contribution in [3.05, 3.63) is 24.3 Å². The molecule has 19 heavy (non-hydrogen) atoms. The Bertz CT molecular complexity index is 586. The van der Waals surface area contributed by atoms with Gasteiger partial charge in [-0.1, -0.05) is 31.2 Å². The van der Waals surface area contributed by atoms with Crippen LogP contribution in [0.5, 0.6) is 0 Å². The Morgan fingerprint density at radius 3 is 1.95 bits per heavy atom. The molecule has 0 aromatic heterocycles. The van der Waals surface area contributed by atoms with Crippen LogP contribution in [0.3, 0.4) is 0 Å². The Hall–Kier alpha value is -2.56. The fraction of sp³-hybridized carbons (Fsp3) is 0.467. The summed E-state index contributed by atoms with van der Waals surface area (Å²) >= 11 is 0. The highest BCUT2D eigenvalue weighted by Crippen LogP contribution is 2.61. The molecule has 0 spiro atoms. The smallest absolute Gasteiger partial charge is 0.181 e. The third kappa shape index (κ3) is 1.35. The lowest BCUT2D eigenvalue weighted by Crippen LogP contribution is -2.41. The third-order valence-corrected chi connectivity index (χ3v) is 4.45. The minimum Gasteiger partial charge on any atom is -0.196 e. The highest BCUT2D eigenvalue weighted by molar-refractivity contribution is 5.43. The summed E-state index contributed by atoms with van der Waals surface area (Å²) in [4.78, 5) is 0. The molecular formula is C15H12N4. The van der Waals surface area contributed by atoms with Crippen molar-refractivity contribution in [1.82, 2.24) is 0 Å². The summed E-state index contributed by atoms with van der Waals surface area (Å²) in [6.07, 6.45) is 7.87. The molecule has 4 nitrogen and oxygen atoms in total. The molecule has 2 rings (SSSR count). The van der Waals surface area contributed by atoms with E-state index in [1.165, 1.54) is 0 Å². The Balaban J connectivity index is 2.77. The van der Waals surface area contributed by atoms with Gasteiger partial charge in [0.2, 0.25) is 0 Å². The van der Waals surface area contributed by atoms with Crippen molar-refractivity contribution in [3.63, 3.8) is 0 Å². The first-order valence-corrected chi connectivity index (χ1v) is 6.12. The number of nitrogens with zero attached hydrogens (tertiary/aromatic N) is 4. The number of nitriles is 4. The Kier molecular flexibility index (Phi) is 2.90. The van der Waals surface area contributed by atoms with Gasteiger partial charge in [0.05, 0.1) is 24.3 Å². The van der Waals surface area contributed by atoms with E-state index in [4.69, 9.17) is 0 Å². The first-order valence-electron chi connectivity index (χ1n) is 6.12. The lowest BCUT2D eigenvalue weighted by molar-refractivity contribution is 0.233. The van der Waals surface area contributed by atoms with Crippen LogP contribution in [-0.4, -0.2) is 0 Å². The van der Waals surface area contributed by atoms with Crippen LogP contribution in [0.4, 0.5) is 0 Å². The van der Waals surface area contributed by atoms with Gasteiger partial charge in [-0.05, 0) is 12.3 Å². The average Bonchev–Trinajstić information content (AvgIpc) is 2.73. The number of fused-ring (bicyclic) bond motifs is 2. The molecule has 1 saturated carbocycles. The van der Waals surface area contributed by atoms with Gasteiger partial charge in [0.15, 0.2) is 10.8 Å². The van der Waals surface area contributed by atoms with Gasteiger partial charge in [0.1, 0.15) is 0 Å². The normalized spacial score (nSPS) is 33.0. The quantitative estimate of drug-likeness (QED) is 0.657. The van der Waals surface area contributed by atoms with Crippen LogP contribution in [0.2, 0.25) is 0 Å². The second kappa shape index (κ2) is 4.28. The lowest BCUT2D eigenvalue weighted by atomic mass is 9.61. The molecule has 0 saturated heterocycles. The predicted molar refractivity (Wildman–Crippen MR) is 66.4 cm³/mol. The van der Waals surface area contributed by atoms with E-state index in [2.05, 4.69) is 0 Å². The summed E-state index contributed by atoms with van der Waals surface area (Å²) in [5.74, 6) is -0.692. The van der Waals surface area contributed by atoms with Crippen LogP contribution in [0.1, 0.15) is 13.3 Å². The Morgan fingerprint density at radius 2 is 1.42 bits per heavy atom. The average molecular weight is 248 g/mol. The molecule has 92 valence electrons. The molecule has 0 radical (unpaired) electrons. The highest BCUT2D eigenvalue weighted by atomic mass is 14.7. The van der Waals surface area contributed by atoms with Crippen LogP contribution < -0.4 is 0 Å². The van der Waals surface area contributed by atoms with E-state index in [0.29, 0.717) is 6.42 Å². The number of rotatable bonds is 0. The van der Waals surface area contributed by atoms with Crippen LogP contribution in [-0.2, 0) is 0 Å². The van der Waals surface area contributed by atoms with E-state index in [-0.39, 0.29) is 17.8 Å². The van der Waals surface area contributed by atoms with Crippen LogP contribution in [0.15, 0.2) is 24.3 Å². The molecule has 3 atom stereocenters. The van der Waals surface area contributed by atoms with E-state index in [9.17, 15) is 21.0 Å². The van der Waals surface area contributed by atoms with Crippen LogP contribution in [0.25, 0.3) is 0 Å². The number of hydrogen-bond acceptors (Lipinski definition) is 4. The standard InChI is InChI=1S/C15H12N4/c1-11-4-2-3-5-12-6-13(11)15(9-18,10-19)14(12,7-16)8-17/h2-5,11-13H,6H2,1H3/t11-,12+,13-/m1/s1. The fourth-order valence-corrected chi connectivity index (χ4v) is 3.35. The van der Waals surface area contributed by atoms with E-state index in [0.717, 1.165) is 0 Å². The molecule has 2 aliphatic carbocycles. The van der Waals surface area contributed by atoms with Gasteiger partial charge >= 0.3 is 0 Å². The molecule has 0 amide bonds. The van der Waals surface area contributed by atoms with Crippen molar-refractivity contribution in [2.75, 3.05) is 0 Å². The topological polar surface area (TPSA) is 95.2 Å². The zero-order chi connectivity index (χ0) is 14.1. The van der Waals surface area contributed by atoms with Gasteiger partial charge in [-0.25, -0.2) is 0 Å². The Morgan fingerprint density at radius 1 is 0.895 bits per heavy atom. The maximum atomic E-state index is 9.54. The van der Waals surface area contributed by atoms with Gasteiger partial charge < -0.3 is 0 Å². The molecular weight excluding hydrogens is 236 g/mol. The minimum absolute atomic E-state index is 0.0182. The van der Waals surface area contributed by atoms with Crippen molar-refractivity contribution in [1.29, 1.82) is 21.0 Å². The van der Waals surface area contributed by atoms with Crippen LogP contribution >= 0.6 is 0 Å². The van der Waals surface area contributed by atoms with Crippen molar-refractivity contribution in [3.8, 4) is 24.3 Å². The van der Waals surface area contributed by atoms with E-state index < -0.39 is 10.8 Å². The SMILES string of the molecule is C[C@@H]1C=CC=C[C@H]2C[C@H]1C(C#N)(C#N)C2(C#N)C#N. The molecule has 0 N–H and O–H groups in total. The summed E-state index contributed by atoms with van der Waals surface area (Å²) in [7, 11) is 0. The monoisotopic (exact) mass is 248 g/mol. The fourth-order valence-electron chi connectivity index (χ4n) is 3.35. The van der Waals surface area contributed by atoms with E-state index in [1.54, 1.807) is 12.2 Å². The van der Waals surface area contributed by atoms with Crippen molar-refractivity contribution in [2.24, 2.45) is 28.6 Å². The maximum absolute atomic E-state index is 9.54. The first kappa shape index (κ1) is 12.9. The molecule has 0 aromatic rings. The largest absolute Gasteiger partial charge is 0.196 e. The van der Waals surface area contributed by atoms with Gasteiger partial charge in [-0.2, -0.15) is 21.0 Å². The van der Waals surface area contributed by atoms with Gasteiger partial charge in [0, 0.05) is 11.8 Å². The predicted octanol–water partition coefficient (Wildman–Crippen LogP) is 2.45. The molecule has 0 aromatic carbocycles. The lowest BCUT2D eigenvalue weighted by Gasteiger charge is -2.31. The minimum atomic E-state index is -1.59. The van der Waals surface area contributed by atoms with Crippen molar-refractivity contribution in [2.45, 2.75) is 13.3 Å². The zero-order valence-electron chi connectivity index (χ0n) is 10.5. The molecule has 4 heteroatoms. The second-order valence-corrected chi connectivity index (χ2v) is 5.14. The zero-order valence-corrected chi connectivity index (χ0v) is 10.5. The maximum Gasteiger partial charge on any atom is 0.181 e. The molecule has 2 aliphatic rings. The number of allylic oxidation sites excluding steroid dienone is 4. The van der Waals surface area contributed by atoms with Gasteiger partial charge in [-0.3, -0.25) is 0 Å². The second-order valence-electron chi connectivity index (χ2n) is 5.14. The Labute approximate surface area is 112 Å². The third-order valence-electron chi connectivity index (χ3n) is 4.45. The molecule has 1 fully saturated rings.